The number of ether oxygens (including phenoxy) is 1. The van der Waals surface area contributed by atoms with Crippen LogP contribution in [-0.4, -0.2) is 6.61 Å². The average molecular weight is 362 g/mol. The van der Waals surface area contributed by atoms with Crippen molar-refractivity contribution in [3.63, 3.8) is 0 Å². The average Bonchev–Trinajstić information content (AvgIpc) is 2.74. The summed E-state index contributed by atoms with van der Waals surface area (Å²) in [5.74, 6) is 2.31. The van der Waals surface area contributed by atoms with Gasteiger partial charge in [-0.05, 0) is 79.3 Å². The van der Waals surface area contributed by atoms with Crippen LogP contribution in [0.2, 0.25) is 0 Å². The molecule has 27 heavy (non-hydrogen) atoms. The first-order valence-corrected chi connectivity index (χ1v) is 10.5. The molecule has 0 amide bonds. The minimum absolute atomic E-state index is 0.639. The fourth-order valence-electron chi connectivity index (χ4n) is 4.14. The maximum Gasteiger partial charge on any atom is 0.119 e. The molecule has 0 aliphatic heterocycles. The van der Waals surface area contributed by atoms with E-state index in [4.69, 9.17) is 10.00 Å². The molecule has 0 bridgehead atoms. The lowest BCUT2D eigenvalue weighted by molar-refractivity contribution is 0.305. The van der Waals surface area contributed by atoms with E-state index in [1.165, 1.54) is 56.1 Å². The third-order valence-electron chi connectivity index (χ3n) is 5.86. The van der Waals surface area contributed by atoms with E-state index >= 15 is 0 Å². The molecular formula is C25H31NO. The van der Waals surface area contributed by atoms with Crippen molar-refractivity contribution in [2.75, 3.05) is 6.61 Å². The second kappa shape index (κ2) is 10.2. The van der Waals surface area contributed by atoms with Crippen LogP contribution >= 0.6 is 0 Å². The standard InChI is InChI=1S/C25H31NO/c1-2-3-4-5-18-27-25-16-14-24(15-17-25)23-12-10-22(11-13-23)21-8-6-20(19-26)7-9-21/h6-9,14-17,22-23H,2-5,10-13,18H2,1H3. The predicted octanol–water partition coefficient (Wildman–Crippen LogP) is 6.96. The number of benzene rings is 2. The SMILES string of the molecule is CCCCCCOc1ccc(C2CCC(c3ccc(C#N)cc3)CC2)cc1. The first-order valence-electron chi connectivity index (χ1n) is 10.5. The molecule has 0 spiro atoms. The van der Waals surface area contributed by atoms with Crippen LogP contribution in [0, 0.1) is 11.3 Å². The Hall–Kier alpha value is -2.27. The summed E-state index contributed by atoms with van der Waals surface area (Å²) in [7, 11) is 0. The van der Waals surface area contributed by atoms with Crippen LogP contribution in [0.4, 0.5) is 0 Å². The van der Waals surface area contributed by atoms with E-state index in [0.29, 0.717) is 11.8 Å². The van der Waals surface area contributed by atoms with Gasteiger partial charge in [-0.15, -0.1) is 0 Å². The van der Waals surface area contributed by atoms with E-state index in [2.05, 4.69) is 49.4 Å². The van der Waals surface area contributed by atoms with Crippen LogP contribution in [0.3, 0.4) is 0 Å². The molecule has 1 aliphatic rings. The van der Waals surface area contributed by atoms with Crippen molar-refractivity contribution in [3.8, 4) is 11.8 Å². The summed E-state index contributed by atoms with van der Waals surface area (Å²) in [6.07, 6.45) is 9.91. The second-order valence-electron chi connectivity index (χ2n) is 7.76. The molecule has 0 heterocycles. The van der Waals surface area contributed by atoms with Crippen molar-refractivity contribution in [1.29, 1.82) is 5.26 Å². The number of unbranched alkanes of at least 4 members (excludes halogenated alkanes) is 3. The lowest BCUT2D eigenvalue weighted by atomic mass is 9.76. The molecule has 2 aromatic carbocycles. The first kappa shape index (κ1) is 19.5. The van der Waals surface area contributed by atoms with Gasteiger partial charge in [-0.2, -0.15) is 5.26 Å². The van der Waals surface area contributed by atoms with Crippen molar-refractivity contribution in [2.45, 2.75) is 70.1 Å². The maximum absolute atomic E-state index is 8.94. The minimum atomic E-state index is 0.639. The van der Waals surface area contributed by atoms with Gasteiger partial charge in [-0.3, -0.25) is 0 Å². The van der Waals surface area contributed by atoms with Crippen LogP contribution in [0.5, 0.6) is 5.75 Å². The number of hydrogen-bond acceptors (Lipinski definition) is 2. The van der Waals surface area contributed by atoms with Gasteiger partial charge in [0.1, 0.15) is 5.75 Å². The highest BCUT2D eigenvalue weighted by molar-refractivity contribution is 5.34. The maximum atomic E-state index is 8.94. The zero-order valence-corrected chi connectivity index (χ0v) is 16.5. The number of nitrogens with zero attached hydrogens (tertiary/aromatic N) is 1. The van der Waals surface area contributed by atoms with Gasteiger partial charge in [-0.1, -0.05) is 50.5 Å². The minimum Gasteiger partial charge on any atom is -0.494 e. The van der Waals surface area contributed by atoms with Gasteiger partial charge in [0.15, 0.2) is 0 Å². The van der Waals surface area contributed by atoms with Gasteiger partial charge in [-0.25, -0.2) is 0 Å². The second-order valence-corrected chi connectivity index (χ2v) is 7.76. The van der Waals surface area contributed by atoms with Gasteiger partial charge in [0.05, 0.1) is 18.2 Å². The molecule has 1 saturated carbocycles. The molecule has 2 aromatic rings. The smallest absolute Gasteiger partial charge is 0.119 e. The Balaban J connectivity index is 1.47. The van der Waals surface area contributed by atoms with Gasteiger partial charge >= 0.3 is 0 Å². The molecule has 1 fully saturated rings. The Kier molecular flexibility index (Phi) is 7.34. The molecule has 3 rings (SSSR count). The molecule has 1 aliphatic carbocycles. The van der Waals surface area contributed by atoms with Gasteiger partial charge in [0.2, 0.25) is 0 Å². The third kappa shape index (κ3) is 5.60. The van der Waals surface area contributed by atoms with Crippen molar-refractivity contribution in [1.82, 2.24) is 0 Å². The Morgan fingerprint density at radius 1 is 0.815 bits per heavy atom. The predicted molar refractivity (Wildman–Crippen MR) is 111 cm³/mol. The van der Waals surface area contributed by atoms with Crippen molar-refractivity contribution in [3.05, 3.63) is 65.2 Å². The molecule has 0 N–H and O–H groups in total. The highest BCUT2D eigenvalue weighted by Crippen LogP contribution is 2.40. The van der Waals surface area contributed by atoms with E-state index in [0.717, 1.165) is 24.3 Å². The van der Waals surface area contributed by atoms with Crippen molar-refractivity contribution in [2.24, 2.45) is 0 Å². The first-order chi connectivity index (χ1) is 13.3. The van der Waals surface area contributed by atoms with Crippen LogP contribution in [-0.2, 0) is 0 Å². The molecule has 0 saturated heterocycles. The van der Waals surface area contributed by atoms with Gasteiger partial charge in [0, 0.05) is 0 Å². The summed E-state index contributed by atoms with van der Waals surface area (Å²) in [6.45, 7) is 3.06. The van der Waals surface area contributed by atoms with Crippen LogP contribution in [0.25, 0.3) is 0 Å². The Morgan fingerprint density at radius 2 is 1.37 bits per heavy atom. The summed E-state index contributed by atoms with van der Waals surface area (Å²) in [5.41, 5.74) is 3.59. The lowest BCUT2D eigenvalue weighted by Crippen LogP contribution is -2.12. The van der Waals surface area contributed by atoms with Gasteiger partial charge < -0.3 is 4.74 Å². The van der Waals surface area contributed by atoms with Crippen molar-refractivity contribution < 1.29 is 4.74 Å². The van der Waals surface area contributed by atoms with Crippen molar-refractivity contribution >= 4 is 0 Å². The normalized spacial score (nSPS) is 19.4. The fraction of sp³-hybridized carbons (Fsp3) is 0.480. The summed E-state index contributed by atoms with van der Waals surface area (Å²) in [5, 5.41) is 8.94. The summed E-state index contributed by atoms with van der Waals surface area (Å²) >= 11 is 0. The molecule has 0 radical (unpaired) electrons. The Labute approximate surface area is 164 Å². The lowest BCUT2D eigenvalue weighted by Gasteiger charge is -2.29. The number of nitriles is 1. The highest BCUT2D eigenvalue weighted by Gasteiger charge is 2.23. The fourth-order valence-corrected chi connectivity index (χ4v) is 4.14. The van der Waals surface area contributed by atoms with E-state index in [9.17, 15) is 0 Å². The molecule has 142 valence electrons. The van der Waals surface area contributed by atoms with E-state index in [1.807, 2.05) is 12.1 Å². The van der Waals surface area contributed by atoms with Crippen LogP contribution in [0.15, 0.2) is 48.5 Å². The third-order valence-corrected chi connectivity index (χ3v) is 5.86. The molecule has 0 unspecified atom stereocenters. The monoisotopic (exact) mass is 361 g/mol. The molecule has 0 atom stereocenters. The van der Waals surface area contributed by atoms with Gasteiger partial charge in [0.25, 0.3) is 0 Å². The molecule has 2 nitrogen and oxygen atoms in total. The Bertz CT molecular complexity index is 718. The Morgan fingerprint density at radius 3 is 1.89 bits per heavy atom. The summed E-state index contributed by atoms with van der Waals surface area (Å²) in [6, 6.07) is 19.2. The quantitative estimate of drug-likeness (QED) is 0.476. The van der Waals surface area contributed by atoms with Crippen LogP contribution < -0.4 is 4.74 Å². The molecular weight excluding hydrogens is 330 g/mol. The summed E-state index contributed by atoms with van der Waals surface area (Å²) < 4.78 is 5.87. The topological polar surface area (TPSA) is 33.0 Å². The number of hydrogen-bond donors (Lipinski definition) is 0. The van der Waals surface area contributed by atoms with E-state index in [1.54, 1.807) is 0 Å². The largest absolute Gasteiger partial charge is 0.494 e. The highest BCUT2D eigenvalue weighted by atomic mass is 16.5. The summed E-state index contributed by atoms with van der Waals surface area (Å²) in [4.78, 5) is 0. The zero-order valence-electron chi connectivity index (χ0n) is 16.5. The van der Waals surface area contributed by atoms with Crippen LogP contribution in [0.1, 0.15) is 86.8 Å². The zero-order chi connectivity index (χ0) is 18.9. The van der Waals surface area contributed by atoms with E-state index < -0.39 is 0 Å². The number of rotatable bonds is 8. The molecule has 0 aromatic heterocycles. The molecule has 2 heteroatoms. The van der Waals surface area contributed by atoms with E-state index in [-0.39, 0.29) is 0 Å².